The Hall–Kier alpha value is -0.410. The Balaban J connectivity index is 2.14. The van der Waals surface area contributed by atoms with Crippen LogP contribution in [-0.2, 0) is 13.0 Å². The predicted octanol–water partition coefficient (Wildman–Crippen LogP) is 4.11. The molecule has 1 aromatic rings. The van der Waals surface area contributed by atoms with Gasteiger partial charge in [-0.05, 0) is 32.2 Å². The Morgan fingerprint density at radius 3 is 2.61 bits per heavy atom. The molecule has 18 heavy (non-hydrogen) atoms. The molecule has 2 nitrogen and oxygen atoms in total. The minimum absolute atomic E-state index is 0.696. The average molecular weight is 266 g/mol. The Kier molecular flexibility index (Phi) is 5.19. The normalized spacial score (nSPS) is 17.6. The van der Waals surface area contributed by atoms with Crippen LogP contribution in [0.5, 0.6) is 0 Å². The van der Waals surface area contributed by atoms with Gasteiger partial charge in [-0.3, -0.25) is 0 Å². The van der Waals surface area contributed by atoms with Gasteiger partial charge in [0, 0.05) is 17.3 Å². The third-order valence-corrected chi connectivity index (χ3v) is 4.95. The standard InChI is InChI=1S/C15H26N2S/c1-11(2)9-13-14(10-16-3)18-15(17-13)12-7-5-4-6-8-12/h11-12,16H,4-10H2,1-3H3. The summed E-state index contributed by atoms with van der Waals surface area (Å²) in [7, 11) is 2.03. The van der Waals surface area contributed by atoms with Crippen molar-refractivity contribution in [3.63, 3.8) is 0 Å². The molecule has 1 aliphatic carbocycles. The van der Waals surface area contributed by atoms with E-state index in [-0.39, 0.29) is 0 Å². The molecule has 102 valence electrons. The van der Waals surface area contributed by atoms with E-state index in [1.807, 2.05) is 18.4 Å². The van der Waals surface area contributed by atoms with E-state index in [1.165, 1.54) is 47.7 Å². The number of nitrogens with zero attached hydrogens (tertiary/aromatic N) is 1. The third kappa shape index (κ3) is 3.55. The number of rotatable bonds is 5. The zero-order valence-corrected chi connectivity index (χ0v) is 12.8. The van der Waals surface area contributed by atoms with Gasteiger partial charge in [0.2, 0.25) is 0 Å². The molecule has 0 aromatic carbocycles. The fourth-order valence-electron chi connectivity index (χ4n) is 2.77. The SMILES string of the molecule is CNCc1sc(C2CCCCC2)nc1CC(C)C. The lowest BCUT2D eigenvalue weighted by Crippen LogP contribution is -2.07. The lowest BCUT2D eigenvalue weighted by molar-refractivity contribution is 0.441. The Labute approximate surface area is 115 Å². The van der Waals surface area contributed by atoms with Crippen LogP contribution in [0, 0.1) is 5.92 Å². The van der Waals surface area contributed by atoms with Crippen LogP contribution < -0.4 is 5.32 Å². The molecule has 1 fully saturated rings. The molecule has 0 radical (unpaired) electrons. The number of hydrogen-bond acceptors (Lipinski definition) is 3. The van der Waals surface area contributed by atoms with Crippen LogP contribution in [0.2, 0.25) is 0 Å². The van der Waals surface area contributed by atoms with Crippen LogP contribution in [0.4, 0.5) is 0 Å². The molecule has 0 amide bonds. The molecule has 1 N–H and O–H groups in total. The first-order valence-electron chi connectivity index (χ1n) is 7.33. The smallest absolute Gasteiger partial charge is 0.0962 e. The maximum atomic E-state index is 4.97. The molecule has 0 saturated heterocycles. The summed E-state index contributed by atoms with van der Waals surface area (Å²) in [4.78, 5) is 6.44. The first kappa shape index (κ1) is 14.0. The number of hydrogen-bond donors (Lipinski definition) is 1. The van der Waals surface area contributed by atoms with Gasteiger partial charge in [-0.2, -0.15) is 0 Å². The summed E-state index contributed by atoms with van der Waals surface area (Å²) >= 11 is 1.96. The zero-order chi connectivity index (χ0) is 13.0. The summed E-state index contributed by atoms with van der Waals surface area (Å²) in [6.45, 7) is 5.54. The van der Waals surface area contributed by atoms with Crippen LogP contribution in [0.1, 0.15) is 67.4 Å². The van der Waals surface area contributed by atoms with Crippen LogP contribution in [0.25, 0.3) is 0 Å². The molecule has 0 atom stereocenters. The highest BCUT2D eigenvalue weighted by Gasteiger charge is 2.21. The van der Waals surface area contributed by atoms with Crippen molar-refractivity contribution in [3.05, 3.63) is 15.6 Å². The van der Waals surface area contributed by atoms with Gasteiger partial charge in [0.15, 0.2) is 0 Å². The predicted molar refractivity (Wildman–Crippen MR) is 79.2 cm³/mol. The molecular weight excluding hydrogens is 240 g/mol. The molecule has 0 aliphatic heterocycles. The summed E-state index contributed by atoms with van der Waals surface area (Å²) in [6.07, 6.45) is 8.04. The molecule has 0 unspecified atom stereocenters. The van der Waals surface area contributed by atoms with E-state index in [1.54, 1.807) is 0 Å². The highest BCUT2D eigenvalue weighted by atomic mass is 32.1. The quantitative estimate of drug-likeness (QED) is 0.867. The zero-order valence-electron chi connectivity index (χ0n) is 12.0. The van der Waals surface area contributed by atoms with Gasteiger partial charge in [-0.15, -0.1) is 11.3 Å². The van der Waals surface area contributed by atoms with Crippen molar-refractivity contribution >= 4 is 11.3 Å². The summed E-state index contributed by atoms with van der Waals surface area (Å²) < 4.78 is 0. The largest absolute Gasteiger partial charge is 0.315 e. The van der Waals surface area contributed by atoms with Gasteiger partial charge < -0.3 is 5.32 Å². The summed E-state index contributed by atoms with van der Waals surface area (Å²) in [5.41, 5.74) is 1.35. The minimum atomic E-state index is 0.696. The van der Waals surface area contributed by atoms with Gasteiger partial charge in [0.1, 0.15) is 0 Å². The molecule has 1 saturated carbocycles. The minimum Gasteiger partial charge on any atom is -0.315 e. The fraction of sp³-hybridized carbons (Fsp3) is 0.800. The monoisotopic (exact) mass is 266 g/mol. The van der Waals surface area contributed by atoms with Gasteiger partial charge in [0.25, 0.3) is 0 Å². The number of aromatic nitrogens is 1. The highest BCUT2D eigenvalue weighted by molar-refractivity contribution is 7.11. The van der Waals surface area contributed by atoms with Crippen molar-refractivity contribution in [2.24, 2.45) is 5.92 Å². The maximum absolute atomic E-state index is 4.97. The second-order valence-corrected chi connectivity index (χ2v) is 7.00. The van der Waals surface area contributed by atoms with Crippen molar-refractivity contribution in [1.82, 2.24) is 10.3 Å². The lowest BCUT2D eigenvalue weighted by atomic mass is 9.90. The van der Waals surface area contributed by atoms with Crippen LogP contribution >= 0.6 is 11.3 Å². The summed E-state index contributed by atoms with van der Waals surface area (Å²) in [6, 6.07) is 0. The molecule has 1 aromatic heterocycles. The second-order valence-electron chi connectivity index (χ2n) is 5.89. The number of thiazole rings is 1. The van der Waals surface area contributed by atoms with Gasteiger partial charge in [-0.1, -0.05) is 33.1 Å². The molecule has 0 bridgehead atoms. The van der Waals surface area contributed by atoms with Crippen LogP contribution in [-0.4, -0.2) is 12.0 Å². The van der Waals surface area contributed by atoms with Crippen LogP contribution in [0.3, 0.4) is 0 Å². The maximum Gasteiger partial charge on any atom is 0.0962 e. The topological polar surface area (TPSA) is 24.9 Å². The summed E-state index contributed by atoms with van der Waals surface area (Å²) in [5, 5.41) is 4.70. The Bertz CT molecular complexity index is 365. The number of nitrogens with one attached hydrogen (secondary N) is 1. The third-order valence-electron chi connectivity index (χ3n) is 3.69. The highest BCUT2D eigenvalue weighted by Crippen LogP contribution is 2.36. The van der Waals surface area contributed by atoms with Crippen molar-refractivity contribution in [3.8, 4) is 0 Å². The fourth-order valence-corrected chi connectivity index (χ4v) is 4.05. The van der Waals surface area contributed by atoms with Crippen molar-refractivity contribution < 1.29 is 0 Å². The van der Waals surface area contributed by atoms with E-state index < -0.39 is 0 Å². The first-order valence-corrected chi connectivity index (χ1v) is 8.15. The van der Waals surface area contributed by atoms with Gasteiger partial charge >= 0.3 is 0 Å². The van der Waals surface area contributed by atoms with E-state index in [0.717, 1.165) is 18.9 Å². The van der Waals surface area contributed by atoms with Crippen molar-refractivity contribution in [2.45, 2.75) is 64.8 Å². The van der Waals surface area contributed by atoms with E-state index >= 15 is 0 Å². The van der Waals surface area contributed by atoms with E-state index in [4.69, 9.17) is 4.98 Å². The molecule has 3 heteroatoms. The molecule has 0 spiro atoms. The van der Waals surface area contributed by atoms with E-state index in [0.29, 0.717) is 5.92 Å². The first-order chi connectivity index (χ1) is 8.70. The van der Waals surface area contributed by atoms with Gasteiger partial charge in [-0.25, -0.2) is 4.98 Å². The molecular formula is C15H26N2S. The molecule has 2 rings (SSSR count). The van der Waals surface area contributed by atoms with E-state index in [2.05, 4.69) is 19.2 Å². The van der Waals surface area contributed by atoms with Gasteiger partial charge in [0.05, 0.1) is 10.7 Å². The van der Waals surface area contributed by atoms with Crippen molar-refractivity contribution in [2.75, 3.05) is 7.05 Å². The van der Waals surface area contributed by atoms with E-state index in [9.17, 15) is 0 Å². The average Bonchev–Trinajstić information content (AvgIpc) is 2.73. The lowest BCUT2D eigenvalue weighted by Gasteiger charge is -2.18. The molecule has 1 aliphatic rings. The molecule has 1 heterocycles. The Morgan fingerprint density at radius 1 is 1.28 bits per heavy atom. The second kappa shape index (κ2) is 6.67. The van der Waals surface area contributed by atoms with Crippen LogP contribution in [0.15, 0.2) is 0 Å². The Morgan fingerprint density at radius 2 is 2.00 bits per heavy atom. The summed E-state index contributed by atoms with van der Waals surface area (Å²) in [5.74, 6) is 1.45. The van der Waals surface area contributed by atoms with Crippen molar-refractivity contribution in [1.29, 1.82) is 0 Å².